The van der Waals surface area contributed by atoms with Crippen LogP contribution in [0.5, 0.6) is 5.75 Å². The molecule has 3 N–H and O–H groups in total. The molecule has 4 rings (SSSR count). The van der Waals surface area contributed by atoms with Crippen LogP contribution in [0.4, 0.5) is 5.69 Å². The van der Waals surface area contributed by atoms with Crippen LogP contribution in [0.1, 0.15) is 5.56 Å². The Kier molecular flexibility index (Phi) is 7.64. The molecule has 9 heteroatoms. The van der Waals surface area contributed by atoms with Crippen LogP contribution in [0, 0.1) is 0 Å². The lowest BCUT2D eigenvalue weighted by molar-refractivity contribution is -0.127. The Balaban J connectivity index is 1.42. The Morgan fingerprint density at radius 1 is 0.914 bits per heavy atom. The fourth-order valence-corrected chi connectivity index (χ4v) is 3.60. The Morgan fingerprint density at radius 3 is 2.34 bits per heavy atom. The van der Waals surface area contributed by atoms with E-state index < -0.39 is 5.91 Å². The maximum absolute atomic E-state index is 12.7. The summed E-state index contributed by atoms with van der Waals surface area (Å²) in [6, 6.07) is 24.1. The van der Waals surface area contributed by atoms with Crippen molar-refractivity contribution in [1.82, 2.24) is 20.6 Å². The SMILES string of the molecule is COc1ccccc1NCC(=O)NNC(=O)Cc1cn(-c2ccccc2)nc1-c1ccc(Cl)cc1. The highest BCUT2D eigenvalue weighted by molar-refractivity contribution is 6.30. The third kappa shape index (κ3) is 6.18. The number of halogens is 1. The average molecular weight is 490 g/mol. The molecule has 1 aromatic heterocycles. The number of anilines is 1. The number of hydrogen-bond donors (Lipinski definition) is 3. The topological polar surface area (TPSA) is 97.3 Å². The van der Waals surface area contributed by atoms with Crippen molar-refractivity contribution in [1.29, 1.82) is 0 Å². The zero-order valence-electron chi connectivity index (χ0n) is 19.0. The maximum atomic E-state index is 12.7. The summed E-state index contributed by atoms with van der Waals surface area (Å²) in [5.74, 6) is -0.157. The van der Waals surface area contributed by atoms with Gasteiger partial charge in [-0.2, -0.15) is 5.10 Å². The van der Waals surface area contributed by atoms with Gasteiger partial charge in [0.25, 0.3) is 5.91 Å². The van der Waals surface area contributed by atoms with Crippen molar-refractivity contribution < 1.29 is 14.3 Å². The number of rotatable bonds is 8. The van der Waals surface area contributed by atoms with Gasteiger partial charge in [0.1, 0.15) is 5.75 Å². The second-order valence-electron chi connectivity index (χ2n) is 7.62. The van der Waals surface area contributed by atoms with E-state index in [2.05, 4.69) is 16.2 Å². The first-order valence-electron chi connectivity index (χ1n) is 10.9. The quantitative estimate of drug-likeness (QED) is 0.325. The van der Waals surface area contributed by atoms with Gasteiger partial charge in [0.05, 0.1) is 37.1 Å². The normalized spacial score (nSPS) is 10.5. The molecule has 0 spiro atoms. The largest absolute Gasteiger partial charge is 0.495 e. The standard InChI is InChI=1S/C26H24ClN5O3/c1-35-23-10-6-5-9-22(23)28-16-25(34)30-29-24(33)15-19-17-32(21-7-3-2-4-8-21)31-26(19)18-11-13-20(27)14-12-18/h2-14,17,28H,15-16H2,1H3,(H,29,33)(H,30,34). The van der Waals surface area contributed by atoms with E-state index in [-0.39, 0.29) is 18.9 Å². The lowest BCUT2D eigenvalue weighted by Crippen LogP contribution is -2.44. The van der Waals surface area contributed by atoms with Gasteiger partial charge >= 0.3 is 0 Å². The van der Waals surface area contributed by atoms with Crippen LogP contribution in [0.25, 0.3) is 16.9 Å². The van der Waals surface area contributed by atoms with E-state index in [0.29, 0.717) is 27.7 Å². The Bertz CT molecular complexity index is 1310. The van der Waals surface area contributed by atoms with Gasteiger partial charge in [0.2, 0.25) is 5.91 Å². The highest BCUT2D eigenvalue weighted by Crippen LogP contribution is 2.26. The number of para-hydroxylation sites is 3. The number of hydrogen-bond acceptors (Lipinski definition) is 5. The summed E-state index contributed by atoms with van der Waals surface area (Å²) in [6.45, 7) is -0.0391. The molecule has 0 fully saturated rings. The van der Waals surface area contributed by atoms with Crippen molar-refractivity contribution in [3.63, 3.8) is 0 Å². The third-order valence-corrected chi connectivity index (χ3v) is 5.42. The Labute approximate surface area is 207 Å². The lowest BCUT2D eigenvalue weighted by atomic mass is 10.1. The summed E-state index contributed by atoms with van der Waals surface area (Å²) in [6.07, 6.45) is 1.83. The highest BCUT2D eigenvalue weighted by atomic mass is 35.5. The zero-order chi connectivity index (χ0) is 24.6. The lowest BCUT2D eigenvalue weighted by Gasteiger charge is -2.11. The molecule has 2 amide bonds. The van der Waals surface area contributed by atoms with Crippen LogP contribution >= 0.6 is 11.6 Å². The Hall–Kier alpha value is -4.30. The number of nitrogens with zero attached hydrogens (tertiary/aromatic N) is 2. The molecule has 4 aromatic rings. The molecule has 1 heterocycles. The fourth-order valence-electron chi connectivity index (χ4n) is 3.47. The van der Waals surface area contributed by atoms with Crippen molar-refractivity contribution in [2.75, 3.05) is 19.0 Å². The first kappa shape index (κ1) is 23.8. The van der Waals surface area contributed by atoms with E-state index in [1.54, 1.807) is 36.1 Å². The molecule has 0 saturated heterocycles. The van der Waals surface area contributed by atoms with Gasteiger partial charge < -0.3 is 10.1 Å². The Morgan fingerprint density at radius 2 is 1.60 bits per heavy atom. The number of amides is 2. The van der Waals surface area contributed by atoms with E-state index in [0.717, 1.165) is 11.3 Å². The summed E-state index contributed by atoms with van der Waals surface area (Å²) < 4.78 is 6.98. The summed E-state index contributed by atoms with van der Waals surface area (Å²) in [4.78, 5) is 24.9. The number of aromatic nitrogens is 2. The van der Waals surface area contributed by atoms with Gasteiger partial charge in [0, 0.05) is 22.3 Å². The monoisotopic (exact) mass is 489 g/mol. The number of hydrazine groups is 1. The van der Waals surface area contributed by atoms with Gasteiger partial charge in [-0.15, -0.1) is 0 Å². The number of methoxy groups -OCH3 is 1. The summed E-state index contributed by atoms with van der Waals surface area (Å²) in [5, 5.41) is 8.29. The number of carbonyl (C=O) groups excluding carboxylic acids is 2. The average Bonchev–Trinajstić information content (AvgIpc) is 3.31. The maximum Gasteiger partial charge on any atom is 0.257 e. The van der Waals surface area contributed by atoms with Crippen molar-refractivity contribution in [2.45, 2.75) is 6.42 Å². The van der Waals surface area contributed by atoms with Gasteiger partial charge in [-0.1, -0.05) is 54.1 Å². The molecule has 3 aromatic carbocycles. The smallest absolute Gasteiger partial charge is 0.257 e. The molecule has 8 nitrogen and oxygen atoms in total. The van der Waals surface area contributed by atoms with Crippen molar-refractivity contribution >= 4 is 29.1 Å². The molecule has 35 heavy (non-hydrogen) atoms. The van der Waals surface area contributed by atoms with E-state index in [9.17, 15) is 9.59 Å². The van der Waals surface area contributed by atoms with Crippen LogP contribution in [-0.4, -0.2) is 35.2 Å². The van der Waals surface area contributed by atoms with Crippen LogP contribution < -0.4 is 20.9 Å². The molecule has 0 saturated carbocycles. The summed E-state index contributed by atoms with van der Waals surface area (Å²) in [5.41, 5.74) is 8.63. The second-order valence-corrected chi connectivity index (χ2v) is 8.05. The van der Waals surface area contributed by atoms with Gasteiger partial charge in [-0.25, -0.2) is 4.68 Å². The van der Waals surface area contributed by atoms with Gasteiger partial charge in [0.15, 0.2) is 0 Å². The fraction of sp³-hybridized carbons (Fsp3) is 0.115. The van der Waals surface area contributed by atoms with Crippen molar-refractivity contribution in [3.05, 3.63) is 95.6 Å². The zero-order valence-corrected chi connectivity index (χ0v) is 19.8. The minimum absolute atomic E-state index is 0.0189. The van der Waals surface area contributed by atoms with E-state index in [1.165, 1.54) is 0 Å². The second kappa shape index (κ2) is 11.2. The van der Waals surface area contributed by atoms with Crippen LogP contribution in [-0.2, 0) is 16.0 Å². The van der Waals surface area contributed by atoms with Crippen molar-refractivity contribution in [3.8, 4) is 22.7 Å². The molecular formula is C26H24ClN5O3. The minimum Gasteiger partial charge on any atom is -0.495 e. The van der Waals surface area contributed by atoms with E-state index in [4.69, 9.17) is 21.4 Å². The molecule has 0 aliphatic rings. The van der Waals surface area contributed by atoms with Crippen LogP contribution in [0.2, 0.25) is 5.02 Å². The molecular weight excluding hydrogens is 466 g/mol. The van der Waals surface area contributed by atoms with Crippen molar-refractivity contribution in [2.24, 2.45) is 0 Å². The molecule has 0 aliphatic heterocycles. The molecule has 0 bridgehead atoms. The predicted molar refractivity (Wildman–Crippen MR) is 135 cm³/mol. The number of ether oxygens (including phenoxy) is 1. The van der Waals surface area contributed by atoms with Gasteiger partial charge in [-0.05, 0) is 36.4 Å². The van der Waals surface area contributed by atoms with E-state index >= 15 is 0 Å². The van der Waals surface area contributed by atoms with Gasteiger partial charge in [-0.3, -0.25) is 20.4 Å². The highest BCUT2D eigenvalue weighted by Gasteiger charge is 2.16. The number of nitrogens with one attached hydrogen (secondary N) is 3. The number of carbonyl (C=O) groups is 2. The first-order chi connectivity index (χ1) is 17.0. The molecule has 0 radical (unpaired) electrons. The number of benzene rings is 3. The summed E-state index contributed by atoms with van der Waals surface area (Å²) >= 11 is 6.03. The molecule has 178 valence electrons. The molecule has 0 unspecified atom stereocenters. The summed E-state index contributed by atoms with van der Waals surface area (Å²) in [7, 11) is 1.55. The van der Waals surface area contributed by atoms with Crippen LogP contribution in [0.15, 0.2) is 85.1 Å². The van der Waals surface area contributed by atoms with E-state index in [1.807, 2.05) is 60.8 Å². The van der Waals surface area contributed by atoms with Crippen LogP contribution in [0.3, 0.4) is 0 Å². The molecule has 0 atom stereocenters. The first-order valence-corrected chi connectivity index (χ1v) is 11.3. The third-order valence-electron chi connectivity index (χ3n) is 5.17. The minimum atomic E-state index is -0.401. The predicted octanol–water partition coefficient (Wildman–Crippen LogP) is 4.00. The molecule has 0 aliphatic carbocycles.